The van der Waals surface area contributed by atoms with Crippen molar-refractivity contribution < 1.29 is 32.6 Å². The predicted molar refractivity (Wildman–Crippen MR) is 105 cm³/mol. The molecule has 1 aromatic heterocycles. The number of nitrogens with zero attached hydrogens (tertiary/aromatic N) is 1. The molecule has 3 aromatic rings. The molecule has 2 aliphatic heterocycles. The molecule has 5 rings (SSSR count). The summed E-state index contributed by atoms with van der Waals surface area (Å²) in [5, 5.41) is 19.7. The number of anilines is 1. The Bertz CT molecular complexity index is 1310. The van der Waals surface area contributed by atoms with Crippen LogP contribution in [-0.4, -0.2) is 37.4 Å². The topological polar surface area (TPSA) is 117 Å². The Morgan fingerprint density at radius 2 is 1.80 bits per heavy atom. The standard InChI is InChI=1S/C21H17NO7S/c1-30(26,27)19-7-6-12(29-19)10-22-15-5-3-2-4-13(15)21(20(22)25)11-28-18-9-17(24)16(23)8-14(18)21/h2-9,23-24H,10-11H2,1H3. The first-order valence-electron chi connectivity index (χ1n) is 9.11. The molecule has 1 atom stereocenters. The van der Waals surface area contributed by atoms with Crippen LogP contribution in [0.25, 0.3) is 0 Å². The Kier molecular flexibility index (Phi) is 3.73. The van der Waals surface area contributed by atoms with E-state index in [0.29, 0.717) is 28.3 Å². The third kappa shape index (κ3) is 2.45. The Morgan fingerprint density at radius 1 is 1.07 bits per heavy atom. The molecule has 8 nitrogen and oxygen atoms in total. The monoisotopic (exact) mass is 427 g/mol. The summed E-state index contributed by atoms with van der Waals surface area (Å²) in [5.74, 6) is -0.308. The summed E-state index contributed by atoms with van der Waals surface area (Å²) in [6.07, 6.45) is 1.05. The number of hydrogen-bond donors (Lipinski definition) is 2. The number of phenolic OH excluding ortho intramolecular Hbond substituents is 2. The minimum Gasteiger partial charge on any atom is -0.504 e. The van der Waals surface area contributed by atoms with E-state index in [1.807, 2.05) is 12.1 Å². The number of fused-ring (bicyclic) bond motifs is 4. The SMILES string of the molecule is CS(=O)(=O)c1ccc(CN2C(=O)C3(COc4cc(O)c(O)cc43)c3ccccc32)o1. The van der Waals surface area contributed by atoms with Crippen LogP contribution < -0.4 is 9.64 Å². The van der Waals surface area contributed by atoms with Gasteiger partial charge in [0.05, 0.1) is 6.54 Å². The number of carbonyl (C=O) groups excluding carboxylic acids is 1. The molecule has 2 aliphatic rings. The third-order valence-electron chi connectivity index (χ3n) is 5.56. The van der Waals surface area contributed by atoms with E-state index in [2.05, 4.69) is 0 Å². The number of amides is 1. The first-order chi connectivity index (χ1) is 14.2. The minimum atomic E-state index is -3.50. The van der Waals surface area contributed by atoms with Crippen molar-refractivity contribution >= 4 is 21.4 Å². The number of rotatable bonds is 3. The molecule has 0 saturated carbocycles. The summed E-state index contributed by atoms with van der Waals surface area (Å²) >= 11 is 0. The fraction of sp³-hybridized carbons (Fsp3) is 0.190. The van der Waals surface area contributed by atoms with Gasteiger partial charge in [-0.25, -0.2) is 8.42 Å². The number of hydrogen-bond acceptors (Lipinski definition) is 7. The highest BCUT2D eigenvalue weighted by molar-refractivity contribution is 7.90. The van der Waals surface area contributed by atoms with Crippen LogP contribution in [0.3, 0.4) is 0 Å². The van der Waals surface area contributed by atoms with Crippen LogP contribution in [0.1, 0.15) is 16.9 Å². The molecule has 9 heteroatoms. The van der Waals surface area contributed by atoms with Gasteiger partial charge < -0.3 is 24.3 Å². The van der Waals surface area contributed by atoms with Crippen LogP contribution in [0.5, 0.6) is 17.2 Å². The van der Waals surface area contributed by atoms with Crippen LogP contribution in [-0.2, 0) is 26.6 Å². The van der Waals surface area contributed by atoms with Gasteiger partial charge in [0.2, 0.25) is 20.8 Å². The molecule has 154 valence electrons. The van der Waals surface area contributed by atoms with Gasteiger partial charge in [0.1, 0.15) is 23.5 Å². The number of benzene rings is 2. The van der Waals surface area contributed by atoms with Crippen molar-refractivity contribution in [3.63, 3.8) is 0 Å². The van der Waals surface area contributed by atoms with Gasteiger partial charge in [-0.2, -0.15) is 0 Å². The van der Waals surface area contributed by atoms with E-state index in [4.69, 9.17) is 9.15 Å². The normalized spacial score (nSPS) is 19.8. The van der Waals surface area contributed by atoms with E-state index in [9.17, 15) is 23.4 Å². The van der Waals surface area contributed by atoms with Gasteiger partial charge in [-0.05, 0) is 29.8 Å². The smallest absolute Gasteiger partial charge is 0.246 e. The highest BCUT2D eigenvalue weighted by Gasteiger charge is 2.57. The highest BCUT2D eigenvalue weighted by atomic mass is 32.2. The van der Waals surface area contributed by atoms with Crippen LogP contribution in [0.2, 0.25) is 0 Å². The fourth-order valence-electron chi connectivity index (χ4n) is 4.15. The first kappa shape index (κ1) is 18.6. The minimum absolute atomic E-state index is 0.0182. The first-order valence-corrected chi connectivity index (χ1v) is 11.0. The van der Waals surface area contributed by atoms with Gasteiger partial charge in [-0.3, -0.25) is 4.79 Å². The Labute approximate surface area is 171 Å². The molecular weight excluding hydrogens is 410 g/mol. The summed E-state index contributed by atoms with van der Waals surface area (Å²) in [4.78, 5) is 15.2. The second-order valence-electron chi connectivity index (χ2n) is 7.43. The van der Waals surface area contributed by atoms with Crippen molar-refractivity contribution in [2.45, 2.75) is 17.1 Å². The lowest BCUT2D eigenvalue weighted by molar-refractivity contribution is -0.122. The van der Waals surface area contributed by atoms with E-state index in [-0.39, 0.29) is 35.7 Å². The summed E-state index contributed by atoms with van der Waals surface area (Å²) < 4.78 is 34.6. The molecule has 1 unspecified atom stereocenters. The van der Waals surface area contributed by atoms with Gasteiger partial charge in [0.15, 0.2) is 11.5 Å². The average Bonchev–Trinajstić information content (AvgIpc) is 3.37. The lowest BCUT2D eigenvalue weighted by Crippen LogP contribution is -2.42. The molecule has 2 aromatic carbocycles. The molecule has 0 aliphatic carbocycles. The molecular formula is C21H17NO7S. The summed E-state index contributed by atoms with van der Waals surface area (Å²) in [6.45, 7) is 0.0524. The van der Waals surface area contributed by atoms with Crippen molar-refractivity contribution in [2.75, 3.05) is 17.8 Å². The summed E-state index contributed by atoms with van der Waals surface area (Å²) in [5.41, 5.74) is 0.634. The van der Waals surface area contributed by atoms with E-state index >= 15 is 0 Å². The van der Waals surface area contributed by atoms with E-state index in [1.54, 1.807) is 12.1 Å². The van der Waals surface area contributed by atoms with Crippen molar-refractivity contribution in [1.29, 1.82) is 0 Å². The van der Waals surface area contributed by atoms with Crippen LogP contribution in [0.4, 0.5) is 5.69 Å². The third-order valence-corrected chi connectivity index (χ3v) is 6.51. The van der Waals surface area contributed by atoms with Gasteiger partial charge in [-0.1, -0.05) is 18.2 Å². The molecule has 3 heterocycles. The maximum atomic E-state index is 13.7. The van der Waals surface area contributed by atoms with Crippen LogP contribution >= 0.6 is 0 Å². The second-order valence-corrected chi connectivity index (χ2v) is 9.38. The number of phenols is 2. The van der Waals surface area contributed by atoms with Gasteiger partial charge in [0.25, 0.3) is 0 Å². The van der Waals surface area contributed by atoms with Crippen LogP contribution in [0.15, 0.2) is 58.0 Å². The highest BCUT2D eigenvalue weighted by Crippen LogP contribution is 2.54. The molecule has 1 spiro atoms. The maximum Gasteiger partial charge on any atom is 0.246 e. The van der Waals surface area contributed by atoms with Gasteiger partial charge in [-0.15, -0.1) is 0 Å². The number of sulfone groups is 1. The number of carbonyl (C=O) groups is 1. The quantitative estimate of drug-likeness (QED) is 0.616. The fourth-order valence-corrected chi connectivity index (χ4v) is 4.73. The summed E-state index contributed by atoms with van der Waals surface area (Å²) in [6, 6.07) is 12.8. The lowest BCUT2D eigenvalue weighted by Gasteiger charge is -2.22. The molecule has 30 heavy (non-hydrogen) atoms. The van der Waals surface area contributed by atoms with E-state index in [0.717, 1.165) is 6.26 Å². The zero-order valence-electron chi connectivity index (χ0n) is 15.8. The average molecular weight is 427 g/mol. The zero-order chi connectivity index (χ0) is 21.3. The molecule has 0 bridgehead atoms. The van der Waals surface area contributed by atoms with E-state index < -0.39 is 15.3 Å². The van der Waals surface area contributed by atoms with Crippen molar-refractivity contribution in [3.05, 3.63) is 65.4 Å². The number of furan rings is 1. The lowest BCUT2D eigenvalue weighted by atomic mass is 9.77. The van der Waals surface area contributed by atoms with E-state index in [1.165, 1.54) is 29.2 Å². The molecule has 2 N–H and O–H groups in total. The predicted octanol–water partition coefficient (Wildman–Crippen LogP) is 2.32. The van der Waals surface area contributed by atoms with Crippen molar-refractivity contribution in [1.82, 2.24) is 0 Å². The zero-order valence-corrected chi connectivity index (χ0v) is 16.6. The molecule has 0 radical (unpaired) electrons. The van der Waals surface area contributed by atoms with Crippen LogP contribution in [0, 0.1) is 0 Å². The Morgan fingerprint density at radius 3 is 2.53 bits per heavy atom. The summed E-state index contributed by atoms with van der Waals surface area (Å²) in [7, 11) is -3.50. The molecule has 1 amide bonds. The maximum absolute atomic E-state index is 13.7. The second kappa shape index (κ2) is 6.02. The largest absolute Gasteiger partial charge is 0.504 e. The molecule has 0 fully saturated rings. The van der Waals surface area contributed by atoms with Gasteiger partial charge in [0, 0.05) is 23.6 Å². The molecule has 0 saturated heterocycles. The van der Waals surface area contributed by atoms with Crippen molar-refractivity contribution in [3.8, 4) is 17.2 Å². The van der Waals surface area contributed by atoms with Gasteiger partial charge >= 0.3 is 0 Å². The van der Waals surface area contributed by atoms with Crippen molar-refractivity contribution in [2.24, 2.45) is 0 Å². The number of ether oxygens (including phenoxy) is 1. The Hall–Kier alpha value is -3.46. The number of para-hydroxylation sites is 1. The Balaban J connectivity index is 1.62. The number of aromatic hydroxyl groups is 2.